The van der Waals surface area contributed by atoms with Crippen LogP contribution in [0.3, 0.4) is 0 Å². The molecule has 1 fully saturated rings. The zero-order chi connectivity index (χ0) is 14.9. The Kier molecular flexibility index (Phi) is 3.19. The fraction of sp³-hybridized carbons (Fsp3) is 0.333. The van der Waals surface area contributed by atoms with Gasteiger partial charge >= 0.3 is 0 Å². The summed E-state index contributed by atoms with van der Waals surface area (Å²) >= 11 is 0. The van der Waals surface area contributed by atoms with Crippen LogP contribution in [0.1, 0.15) is 5.69 Å². The van der Waals surface area contributed by atoms with Crippen molar-refractivity contribution >= 4 is 11.6 Å². The molecule has 7 nitrogen and oxygen atoms in total. The number of rotatable bonds is 2. The van der Waals surface area contributed by atoms with Crippen molar-refractivity contribution in [1.82, 2.24) is 24.6 Å². The van der Waals surface area contributed by atoms with E-state index in [4.69, 9.17) is 4.74 Å². The van der Waals surface area contributed by atoms with Crippen molar-refractivity contribution < 1.29 is 4.74 Å². The summed E-state index contributed by atoms with van der Waals surface area (Å²) in [6.45, 7) is 5.14. The molecule has 0 N–H and O–H groups in total. The highest BCUT2D eigenvalue weighted by molar-refractivity contribution is 5.58. The van der Waals surface area contributed by atoms with Gasteiger partial charge in [0, 0.05) is 42.8 Å². The lowest BCUT2D eigenvalue weighted by molar-refractivity contribution is 0.122. The number of fused-ring (bicyclic) bond motifs is 1. The number of ether oxygens (including phenoxy) is 1. The SMILES string of the molecule is Cc1cc(N2CCOCC2)n2nc(-c3ccncc3)nc2n1. The van der Waals surface area contributed by atoms with Crippen LogP contribution < -0.4 is 4.90 Å². The lowest BCUT2D eigenvalue weighted by Crippen LogP contribution is -2.37. The Morgan fingerprint density at radius 3 is 2.64 bits per heavy atom. The molecule has 7 heteroatoms. The Morgan fingerprint density at radius 1 is 1.09 bits per heavy atom. The first-order chi connectivity index (χ1) is 10.8. The number of morpholine rings is 1. The van der Waals surface area contributed by atoms with Gasteiger partial charge in [0.15, 0.2) is 5.82 Å². The first kappa shape index (κ1) is 13.1. The summed E-state index contributed by atoms with van der Waals surface area (Å²) in [5.74, 6) is 2.29. The zero-order valence-electron chi connectivity index (χ0n) is 12.3. The van der Waals surface area contributed by atoms with Crippen LogP contribution in [-0.2, 0) is 4.74 Å². The van der Waals surface area contributed by atoms with Crippen molar-refractivity contribution in [2.45, 2.75) is 6.92 Å². The molecule has 1 aliphatic rings. The molecule has 0 atom stereocenters. The van der Waals surface area contributed by atoms with E-state index in [1.165, 1.54) is 0 Å². The monoisotopic (exact) mass is 296 g/mol. The molecule has 0 saturated carbocycles. The van der Waals surface area contributed by atoms with Gasteiger partial charge in [0.2, 0.25) is 0 Å². The molecule has 0 unspecified atom stereocenters. The second-order valence-corrected chi connectivity index (χ2v) is 5.24. The quantitative estimate of drug-likeness (QED) is 0.710. The highest BCUT2D eigenvalue weighted by atomic mass is 16.5. The van der Waals surface area contributed by atoms with E-state index in [0.717, 1.165) is 43.4 Å². The van der Waals surface area contributed by atoms with Crippen LogP contribution in [0.25, 0.3) is 17.2 Å². The van der Waals surface area contributed by atoms with Gasteiger partial charge in [-0.3, -0.25) is 4.98 Å². The number of pyridine rings is 1. The smallest absolute Gasteiger partial charge is 0.254 e. The molecule has 3 aromatic rings. The molecular weight excluding hydrogens is 280 g/mol. The molecule has 4 heterocycles. The molecule has 0 aliphatic carbocycles. The van der Waals surface area contributed by atoms with Crippen molar-refractivity contribution in [3.8, 4) is 11.4 Å². The average molecular weight is 296 g/mol. The van der Waals surface area contributed by atoms with E-state index in [1.807, 2.05) is 29.6 Å². The number of hydrogen-bond acceptors (Lipinski definition) is 6. The molecule has 1 aliphatic heterocycles. The highest BCUT2D eigenvalue weighted by Gasteiger charge is 2.18. The number of hydrogen-bond donors (Lipinski definition) is 0. The van der Waals surface area contributed by atoms with Gasteiger partial charge in [0.1, 0.15) is 5.82 Å². The third-order valence-corrected chi connectivity index (χ3v) is 3.70. The third kappa shape index (κ3) is 2.29. The van der Waals surface area contributed by atoms with Crippen LogP contribution in [0.5, 0.6) is 0 Å². The lowest BCUT2D eigenvalue weighted by Gasteiger charge is -2.28. The minimum atomic E-state index is 0.619. The second kappa shape index (κ2) is 5.34. The Hall–Kier alpha value is -2.54. The molecular formula is C15H16N6O. The van der Waals surface area contributed by atoms with Gasteiger partial charge in [0.25, 0.3) is 5.78 Å². The summed E-state index contributed by atoms with van der Waals surface area (Å²) in [5, 5.41) is 4.63. The van der Waals surface area contributed by atoms with Gasteiger partial charge in [-0.1, -0.05) is 0 Å². The molecule has 0 radical (unpaired) electrons. The summed E-state index contributed by atoms with van der Waals surface area (Å²) in [7, 11) is 0. The molecule has 3 aromatic heterocycles. The van der Waals surface area contributed by atoms with Crippen LogP contribution >= 0.6 is 0 Å². The van der Waals surface area contributed by atoms with E-state index in [2.05, 4.69) is 25.0 Å². The number of nitrogens with zero attached hydrogens (tertiary/aromatic N) is 6. The van der Waals surface area contributed by atoms with Crippen molar-refractivity contribution in [3.63, 3.8) is 0 Å². The minimum absolute atomic E-state index is 0.619. The third-order valence-electron chi connectivity index (χ3n) is 3.70. The van der Waals surface area contributed by atoms with Crippen molar-refractivity contribution in [2.24, 2.45) is 0 Å². The first-order valence-corrected chi connectivity index (χ1v) is 7.29. The lowest BCUT2D eigenvalue weighted by atomic mass is 10.3. The van der Waals surface area contributed by atoms with E-state index < -0.39 is 0 Å². The van der Waals surface area contributed by atoms with E-state index in [9.17, 15) is 0 Å². The molecule has 1 saturated heterocycles. The van der Waals surface area contributed by atoms with Crippen LogP contribution in [-0.4, -0.2) is 50.9 Å². The van der Waals surface area contributed by atoms with Crippen LogP contribution in [0.15, 0.2) is 30.6 Å². The Bertz CT molecular complexity index is 794. The topological polar surface area (TPSA) is 68.4 Å². The average Bonchev–Trinajstić information content (AvgIpc) is 2.99. The summed E-state index contributed by atoms with van der Waals surface area (Å²) in [5.41, 5.74) is 1.87. The van der Waals surface area contributed by atoms with Crippen LogP contribution in [0, 0.1) is 6.92 Å². The van der Waals surface area contributed by atoms with Gasteiger partial charge in [-0.05, 0) is 19.1 Å². The molecule has 0 aromatic carbocycles. The zero-order valence-corrected chi connectivity index (χ0v) is 12.3. The van der Waals surface area contributed by atoms with Crippen LogP contribution in [0.4, 0.5) is 5.82 Å². The number of aryl methyl sites for hydroxylation is 1. The van der Waals surface area contributed by atoms with Crippen LogP contribution in [0.2, 0.25) is 0 Å². The summed E-state index contributed by atoms with van der Waals surface area (Å²) in [4.78, 5) is 15.3. The fourth-order valence-electron chi connectivity index (χ4n) is 2.61. The first-order valence-electron chi connectivity index (χ1n) is 7.29. The molecule has 4 rings (SSSR count). The fourth-order valence-corrected chi connectivity index (χ4v) is 2.61. The molecule has 0 spiro atoms. The van der Waals surface area contributed by atoms with Gasteiger partial charge in [-0.15, -0.1) is 5.10 Å². The standard InChI is InChI=1S/C15H16N6O/c1-11-10-13(20-6-8-22-9-7-20)21-15(17-11)18-14(19-21)12-2-4-16-5-3-12/h2-5,10H,6-9H2,1H3. The molecule has 0 amide bonds. The maximum atomic E-state index is 5.43. The summed E-state index contributed by atoms with van der Waals surface area (Å²) in [6.07, 6.45) is 3.48. The maximum absolute atomic E-state index is 5.43. The van der Waals surface area contributed by atoms with Gasteiger partial charge in [0.05, 0.1) is 13.2 Å². The predicted molar refractivity (Wildman–Crippen MR) is 81.8 cm³/mol. The van der Waals surface area contributed by atoms with Crippen molar-refractivity contribution in [3.05, 3.63) is 36.3 Å². The maximum Gasteiger partial charge on any atom is 0.254 e. The number of aromatic nitrogens is 5. The van der Waals surface area contributed by atoms with E-state index in [0.29, 0.717) is 11.6 Å². The Balaban J connectivity index is 1.84. The molecule has 0 bridgehead atoms. The van der Waals surface area contributed by atoms with Gasteiger partial charge in [-0.25, -0.2) is 4.98 Å². The predicted octanol–water partition coefficient (Wildman–Crippen LogP) is 1.33. The minimum Gasteiger partial charge on any atom is -0.378 e. The Labute approximate surface area is 127 Å². The van der Waals surface area contributed by atoms with E-state index in [-0.39, 0.29) is 0 Å². The summed E-state index contributed by atoms with van der Waals surface area (Å²) < 4.78 is 7.24. The second-order valence-electron chi connectivity index (χ2n) is 5.24. The highest BCUT2D eigenvalue weighted by Crippen LogP contribution is 2.21. The Morgan fingerprint density at radius 2 is 1.86 bits per heavy atom. The number of anilines is 1. The van der Waals surface area contributed by atoms with Gasteiger partial charge < -0.3 is 9.64 Å². The molecule has 112 valence electrons. The summed E-state index contributed by atoms with van der Waals surface area (Å²) in [6, 6.07) is 5.84. The van der Waals surface area contributed by atoms with E-state index in [1.54, 1.807) is 12.4 Å². The van der Waals surface area contributed by atoms with Crippen molar-refractivity contribution in [2.75, 3.05) is 31.2 Å². The molecule has 22 heavy (non-hydrogen) atoms. The van der Waals surface area contributed by atoms with Gasteiger partial charge in [-0.2, -0.15) is 9.50 Å². The van der Waals surface area contributed by atoms with Crippen molar-refractivity contribution in [1.29, 1.82) is 0 Å². The largest absolute Gasteiger partial charge is 0.378 e. The van der Waals surface area contributed by atoms with E-state index >= 15 is 0 Å². The normalized spacial score (nSPS) is 15.4.